The summed E-state index contributed by atoms with van der Waals surface area (Å²) in [7, 11) is 0. The fraction of sp³-hybridized carbons (Fsp3) is 0.696. The van der Waals surface area contributed by atoms with E-state index >= 15 is 0 Å². The Hall–Kier alpha value is -1.75. The lowest BCUT2D eigenvalue weighted by atomic mass is 9.59. The van der Waals surface area contributed by atoms with Crippen LogP contribution >= 0.6 is 0 Å². The van der Waals surface area contributed by atoms with Gasteiger partial charge in [0.25, 0.3) is 0 Å². The summed E-state index contributed by atoms with van der Waals surface area (Å²) >= 11 is 0. The number of pyridine rings is 1. The highest BCUT2D eigenvalue weighted by molar-refractivity contribution is 5.92. The number of hydrogen-bond acceptors (Lipinski definition) is 4. The van der Waals surface area contributed by atoms with E-state index in [1.54, 1.807) is 6.20 Å². The molecule has 1 aromatic heterocycles. The maximum atomic E-state index is 13.6. The average Bonchev–Trinajstić information content (AvgIpc) is 2.91. The lowest BCUT2D eigenvalue weighted by molar-refractivity contribution is -0.132. The molecule has 152 valence electrons. The van der Waals surface area contributed by atoms with Crippen molar-refractivity contribution in [3.05, 3.63) is 30.1 Å². The lowest BCUT2D eigenvalue weighted by Crippen LogP contribution is -2.65. The van der Waals surface area contributed by atoms with Crippen molar-refractivity contribution < 1.29 is 4.79 Å². The Kier molecular flexibility index (Phi) is 5.30. The smallest absolute Gasteiger partial charge is 0.250 e. The van der Waals surface area contributed by atoms with Crippen molar-refractivity contribution >= 4 is 12.1 Å². The third kappa shape index (κ3) is 3.28. The van der Waals surface area contributed by atoms with Crippen molar-refractivity contribution in [2.24, 2.45) is 34.6 Å². The summed E-state index contributed by atoms with van der Waals surface area (Å²) in [6, 6.07) is 6.05. The van der Waals surface area contributed by atoms with Crippen LogP contribution in [0, 0.1) is 29.6 Å². The number of hydrogen-bond donors (Lipinski definition) is 1. The average molecular weight is 383 g/mol. The van der Waals surface area contributed by atoms with Gasteiger partial charge in [-0.25, -0.2) is 0 Å². The second-order valence-corrected chi connectivity index (χ2v) is 9.79. The van der Waals surface area contributed by atoms with Crippen molar-refractivity contribution in [2.45, 2.75) is 58.7 Å². The van der Waals surface area contributed by atoms with Crippen molar-refractivity contribution in [3.8, 4) is 0 Å². The molecule has 5 heteroatoms. The quantitative estimate of drug-likeness (QED) is 0.788. The summed E-state index contributed by atoms with van der Waals surface area (Å²) in [5.41, 5.74) is 0.281. The first-order chi connectivity index (χ1) is 13.4. The van der Waals surface area contributed by atoms with Gasteiger partial charge in [-0.2, -0.15) is 0 Å². The Morgan fingerprint density at radius 3 is 2.79 bits per heavy atom. The molecule has 5 nitrogen and oxygen atoms in total. The van der Waals surface area contributed by atoms with E-state index in [9.17, 15) is 4.79 Å². The number of nitrogens with one attached hydrogen (secondary N) is 1. The van der Waals surface area contributed by atoms with E-state index in [4.69, 9.17) is 4.99 Å². The highest BCUT2D eigenvalue weighted by Gasteiger charge is 2.67. The summed E-state index contributed by atoms with van der Waals surface area (Å²) in [6.07, 6.45) is 6.16. The molecule has 5 rings (SSSR count). The van der Waals surface area contributed by atoms with Crippen LogP contribution in [-0.4, -0.2) is 46.7 Å². The fourth-order valence-electron chi connectivity index (χ4n) is 5.92. The molecule has 2 fully saturated rings. The molecule has 1 aromatic rings. The predicted molar refractivity (Wildman–Crippen MR) is 112 cm³/mol. The molecule has 1 N–H and O–H groups in total. The molecule has 4 aliphatic rings. The Bertz CT molecular complexity index is 731. The summed E-state index contributed by atoms with van der Waals surface area (Å²) < 4.78 is 0. The molecule has 4 bridgehead atoms. The van der Waals surface area contributed by atoms with Crippen molar-refractivity contribution in [1.29, 1.82) is 0 Å². The van der Waals surface area contributed by atoms with Crippen LogP contribution in [0.15, 0.2) is 29.4 Å². The van der Waals surface area contributed by atoms with Crippen LogP contribution in [0.25, 0.3) is 0 Å². The van der Waals surface area contributed by atoms with Gasteiger partial charge in [0.15, 0.2) is 5.54 Å². The predicted octanol–water partition coefficient (Wildman–Crippen LogP) is 3.16. The summed E-state index contributed by atoms with van der Waals surface area (Å²) in [4.78, 5) is 25.5. The Balaban J connectivity index is 1.62. The largest absolute Gasteiger partial charge is 0.348 e. The molecule has 28 heavy (non-hydrogen) atoms. The van der Waals surface area contributed by atoms with Crippen LogP contribution in [0.2, 0.25) is 0 Å². The van der Waals surface area contributed by atoms with Gasteiger partial charge in [-0.15, -0.1) is 0 Å². The van der Waals surface area contributed by atoms with Crippen LogP contribution < -0.4 is 5.32 Å². The van der Waals surface area contributed by atoms with Gasteiger partial charge in [0.1, 0.15) is 0 Å². The van der Waals surface area contributed by atoms with E-state index in [0.29, 0.717) is 36.1 Å². The first kappa shape index (κ1) is 19.6. The maximum absolute atomic E-state index is 13.6. The number of amides is 1. The molecule has 0 aromatic carbocycles. The molecular weight excluding hydrogens is 348 g/mol. The molecule has 1 saturated carbocycles. The topological polar surface area (TPSA) is 57.6 Å². The molecular formula is C23H34N4O. The first-order valence-corrected chi connectivity index (χ1v) is 10.9. The molecule has 5 atom stereocenters. The van der Waals surface area contributed by atoms with Crippen LogP contribution in [0.1, 0.15) is 46.2 Å². The van der Waals surface area contributed by atoms with E-state index in [0.717, 1.165) is 31.6 Å². The number of carbonyl (C=O) groups is 1. The molecule has 0 radical (unpaired) electrons. The Morgan fingerprint density at radius 1 is 1.29 bits per heavy atom. The monoisotopic (exact) mass is 382 g/mol. The van der Waals surface area contributed by atoms with Gasteiger partial charge >= 0.3 is 0 Å². The minimum atomic E-state index is -0.613. The summed E-state index contributed by atoms with van der Waals surface area (Å²) in [6.45, 7) is 11.7. The van der Waals surface area contributed by atoms with Gasteiger partial charge in [-0.1, -0.05) is 33.8 Å². The molecule has 1 saturated heterocycles. The van der Waals surface area contributed by atoms with Crippen LogP contribution in [0.5, 0.6) is 0 Å². The first-order valence-electron chi connectivity index (χ1n) is 10.9. The molecule has 4 heterocycles. The Labute approximate surface area is 169 Å². The maximum Gasteiger partial charge on any atom is 0.250 e. The number of likely N-dealkylation sites (tertiary alicyclic amines) is 1. The molecule has 3 aliphatic heterocycles. The number of aliphatic imine (C=N–C) groups is 1. The van der Waals surface area contributed by atoms with Crippen molar-refractivity contribution in [1.82, 2.24) is 15.2 Å². The van der Waals surface area contributed by atoms with E-state index in [2.05, 4.69) is 49.1 Å². The second-order valence-electron chi connectivity index (χ2n) is 9.79. The van der Waals surface area contributed by atoms with Gasteiger partial charge in [0.2, 0.25) is 5.91 Å². The summed E-state index contributed by atoms with van der Waals surface area (Å²) in [5.74, 6) is 2.71. The van der Waals surface area contributed by atoms with Crippen LogP contribution in [0.4, 0.5) is 0 Å². The minimum Gasteiger partial charge on any atom is -0.348 e. The number of carbonyl (C=O) groups excluding carboxylic acids is 1. The standard InChI is InChI=1S/C23H34N4O/c1-15(2)9-20-17-10-18-14-27(13-16(3)4)21(20)23(18,26-11-17)22(28)25-12-19-7-5-6-8-24-19/h5-8,11,15-18,20-21H,9-10,12-14H2,1-4H3,(H,25,28). The van der Waals surface area contributed by atoms with E-state index in [-0.39, 0.29) is 11.9 Å². The highest BCUT2D eigenvalue weighted by Crippen LogP contribution is 2.55. The Morgan fingerprint density at radius 2 is 2.11 bits per heavy atom. The zero-order valence-corrected chi connectivity index (χ0v) is 17.6. The highest BCUT2D eigenvalue weighted by atomic mass is 16.2. The van der Waals surface area contributed by atoms with E-state index in [1.807, 2.05) is 18.2 Å². The minimum absolute atomic E-state index is 0.0996. The lowest BCUT2D eigenvalue weighted by Gasteiger charge is -2.51. The molecule has 0 spiro atoms. The van der Waals surface area contributed by atoms with Crippen LogP contribution in [-0.2, 0) is 11.3 Å². The van der Waals surface area contributed by atoms with Crippen molar-refractivity contribution in [3.63, 3.8) is 0 Å². The SMILES string of the molecule is CC(C)CC1C2C=NC3(C(=O)NCc4ccccn4)C(C2)CN(CC(C)C)C13. The molecule has 1 amide bonds. The molecule has 1 aliphatic carbocycles. The van der Waals surface area contributed by atoms with Crippen molar-refractivity contribution in [2.75, 3.05) is 13.1 Å². The van der Waals surface area contributed by atoms with E-state index in [1.165, 1.54) is 0 Å². The van der Waals surface area contributed by atoms with Gasteiger partial charge in [0, 0.05) is 37.5 Å². The van der Waals surface area contributed by atoms with E-state index < -0.39 is 5.54 Å². The fourth-order valence-corrected chi connectivity index (χ4v) is 5.92. The van der Waals surface area contributed by atoms with Gasteiger partial charge in [-0.3, -0.25) is 19.7 Å². The van der Waals surface area contributed by atoms with Crippen LogP contribution in [0.3, 0.4) is 0 Å². The third-order valence-electron chi connectivity index (χ3n) is 6.78. The number of aromatic nitrogens is 1. The zero-order chi connectivity index (χ0) is 19.9. The summed E-state index contributed by atoms with van der Waals surface area (Å²) in [5, 5.41) is 3.19. The van der Waals surface area contributed by atoms with Gasteiger partial charge in [-0.05, 0) is 48.6 Å². The normalized spacial score (nSPS) is 33.8. The zero-order valence-electron chi connectivity index (χ0n) is 17.6. The van der Waals surface area contributed by atoms with Gasteiger partial charge in [0.05, 0.1) is 12.2 Å². The second kappa shape index (κ2) is 7.58. The number of nitrogens with zero attached hydrogens (tertiary/aromatic N) is 3. The molecule has 5 unspecified atom stereocenters. The van der Waals surface area contributed by atoms with Gasteiger partial charge < -0.3 is 5.32 Å². The third-order valence-corrected chi connectivity index (χ3v) is 6.78. The number of rotatable bonds is 7.